The molecule has 0 N–H and O–H groups in total. The van der Waals surface area contributed by atoms with Gasteiger partial charge in [-0.1, -0.05) is 56.3 Å². The first-order chi connectivity index (χ1) is 12.0. The number of nitrogens with zero attached hydrogens (tertiary/aromatic N) is 4. The summed E-state index contributed by atoms with van der Waals surface area (Å²) in [6.45, 7) is 15.6. The van der Waals surface area contributed by atoms with Crippen LogP contribution in [0, 0.1) is 11.3 Å². The molecular formula is C19H20N4OS. The highest BCUT2D eigenvalue weighted by molar-refractivity contribution is 8.04. The second-order valence-corrected chi connectivity index (χ2v) is 6.54. The zero-order chi connectivity index (χ0) is 18.4. The minimum Gasteiger partial charge on any atom is -0.459 e. The summed E-state index contributed by atoms with van der Waals surface area (Å²) in [6, 6.07) is 4.27. The van der Waals surface area contributed by atoms with Crippen LogP contribution in [-0.4, -0.2) is 33.9 Å². The molecule has 0 amide bonds. The molecule has 1 aromatic rings. The fraction of sp³-hybridized carbons (Fsp3) is 0.211. The van der Waals surface area contributed by atoms with Gasteiger partial charge in [0.05, 0.1) is 11.8 Å². The Morgan fingerprint density at radius 3 is 2.84 bits per heavy atom. The molecule has 2 unspecified atom stereocenters. The van der Waals surface area contributed by atoms with E-state index in [0.29, 0.717) is 5.69 Å². The van der Waals surface area contributed by atoms with Crippen molar-refractivity contribution in [1.82, 2.24) is 14.9 Å². The van der Waals surface area contributed by atoms with E-state index in [4.69, 9.17) is 4.74 Å². The van der Waals surface area contributed by atoms with Gasteiger partial charge in [-0.25, -0.2) is 4.98 Å². The molecule has 1 aliphatic heterocycles. The summed E-state index contributed by atoms with van der Waals surface area (Å²) < 4.78 is 5.60. The van der Waals surface area contributed by atoms with E-state index in [9.17, 15) is 5.26 Å². The number of nitriles is 1. The van der Waals surface area contributed by atoms with E-state index < -0.39 is 5.92 Å². The van der Waals surface area contributed by atoms with Gasteiger partial charge in [-0.05, 0) is 11.6 Å². The number of ether oxygens (including phenoxy) is 1. The monoisotopic (exact) mass is 352 g/mol. The normalized spacial score (nSPS) is 18.6. The number of likely N-dealkylation sites (N-methyl/N-ethyl adjacent to an activating group) is 1. The predicted molar refractivity (Wildman–Crippen MR) is 102 cm³/mol. The van der Waals surface area contributed by atoms with Crippen molar-refractivity contribution < 1.29 is 4.74 Å². The summed E-state index contributed by atoms with van der Waals surface area (Å²) in [4.78, 5) is 11.3. The van der Waals surface area contributed by atoms with Gasteiger partial charge in [-0.2, -0.15) is 10.2 Å². The van der Waals surface area contributed by atoms with Crippen molar-refractivity contribution in [3.05, 3.63) is 78.7 Å². The molecule has 1 aromatic heterocycles. The molecule has 0 radical (unpaired) electrons. The Hall–Kier alpha value is -2.78. The fourth-order valence-corrected chi connectivity index (χ4v) is 3.48. The number of allylic oxidation sites excluding steroid dienone is 2. The van der Waals surface area contributed by atoms with Crippen LogP contribution in [0.15, 0.2) is 73.0 Å². The van der Waals surface area contributed by atoms with Crippen LogP contribution in [-0.2, 0) is 0 Å². The molecule has 6 heteroatoms. The molecule has 128 valence electrons. The fourth-order valence-electron chi connectivity index (χ4n) is 2.28. The second-order valence-electron chi connectivity index (χ2n) is 5.33. The molecule has 0 aliphatic carbocycles. The lowest BCUT2D eigenvalue weighted by Gasteiger charge is -2.24. The predicted octanol–water partition coefficient (Wildman–Crippen LogP) is 3.79. The van der Waals surface area contributed by atoms with Crippen molar-refractivity contribution in [3.63, 3.8) is 0 Å². The van der Waals surface area contributed by atoms with Gasteiger partial charge in [0.15, 0.2) is 0 Å². The molecule has 25 heavy (non-hydrogen) atoms. The van der Waals surface area contributed by atoms with Crippen LogP contribution in [0.3, 0.4) is 0 Å². The Morgan fingerprint density at radius 1 is 1.52 bits per heavy atom. The average Bonchev–Trinajstić information content (AvgIpc) is 2.87. The van der Waals surface area contributed by atoms with Crippen LogP contribution in [0.25, 0.3) is 0 Å². The lowest BCUT2D eigenvalue weighted by molar-refractivity contribution is 0.323. The van der Waals surface area contributed by atoms with E-state index in [1.165, 1.54) is 11.8 Å². The van der Waals surface area contributed by atoms with Gasteiger partial charge >= 0.3 is 6.01 Å². The van der Waals surface area contributed by atoms with Gasteiger partial charge in [0, 0.05) is 23.8 Å². The Balaban J connectivity index is 2.19. The number of thioether (sulfide) groups is 1. The first-order valence-corrected chi connectivity index (χ1v) is 8.46. The lowest BCUT2D eigenvalue weighted by Crippen LogP contribution is -2.28. The molecule has 0 aromatic carbocycles. The number of hydrogen-bond acceptors (Lipinski definition) is 6. The Kier molecular flexibility index (Phi) is 6.20. The second kappa shape index (κ2) is 8.36. The van der Waals surface area contributed by atoms with Crippen LogP contribution in [0.5, 0.6) is 6.01 Å². The maximum absolute atomic E-state index is 9.66. The first-order valence-electron chi connectivity index (χ1n) is 7.58. The van der Waals surface area contributed by atoms with Crippen molar-refractivity contribution in [2.24, 2.45) is 0 Å². The minimum absolute atomic E-state index is 0.128. The molecular weight excluding hydrogens is 332 g/mol. The molecule has 2 rings (SSSR count). The van der Waals surface area contributed by atoms with E-state index in [0.717, 1.165) is 16.2 Å². The van der Waals surface area contributed by atoms with Crippen LogP contribution in [0.1, 0.15) is 11.6 Å². The molecule has 2 heterocycles. The van der Waals surface area contributed by atoms with E-state index >= 15 is 0 Å². The smallest absolute Gasteiger partial charge is 0.316 e. The van der Waals surface area contributed by atoms with Crippen molar-refractivity contribution >= 4 is 11.8 Å². The van der Waals surface area contributed by atoms with Gasteiger partial charge in [0.1, 0.15) is 17.9 Å². The molecule has 2 atom stereocenters. The number of aromatic nitrogens is 2. The molecule has 5 nitrogen and oxygen atoms in total. The molecule has 0 saturated carbocycles. The van der Waals surface area contributed by atoms with Gasteiger partial charge in [0.2, 0.25) is 0 Å². The van der Waals surface area contributed by atoms with Crippen LogP contribution in [0.2, 0.25) is 0 Å². The molecule has 0 bridgehead atoms. The highest BCUT2D eigenvalue weighted by Gasteiger charge is 2.36. The highest BCUT2D eigenvalue weighted by Crippen LogP contribution is 2.44. The lowest BCUT2D eigenvalue weighted by atomic mass is 10.1. The highest BCUT2D eigenvalue weighted by atomic mass is 32.2. The maximum Gasteiger partial charge on any atom is 0.316 e. The van der Waals surface area contributed by atoms with Crippen LogP contribution >= 0.6 is 11.8 Å². The van der Waals surface area contributed by atoms with Gasteiger partial charge in [-0.15, -0.1) is 0 Å². The van der Waals surface area contributed by atoms with Crippen LogP contribution < -0.4 is 4.74 Å². The number of rotatable bonds is 7. The Bertz CT molecular complexity index is 778. The van der Waals surface area contributed by atoms with Gasteiger partial charge < -0.3 is 9.64 Å². The van der Waals surface area contributed by atoms with Gasteiger partial charge in [0.25, 0.3) is 0 Å². The third-order valence-corrected chi connectivity index (χ3v) is 5.10. The van der Waals surface area contributed by atoms with Crippen molar-refractivity contribution in [1.29, 1.82) is 5.26 Å². The third-order valence-electron chi connectivity index (χ3n) is 3.75. The van der Waals surface area contributed by atoms with Crippen molar-refractivity contribution in [2.45, 2.75) is 11.3 Å². The molecule has 1 saturated heterocycles. The average molecular weight is 352 g/mol. The largest absolute Gasteiger partial charge is 0.459 e. The van der Waals surface area contributed by atoms with E-state index in [2.05, 4.69) is 42.4 Å². The summed E-state index contributed by atoms with van der Waals surface area (Å²) in [5.41, 5.74) is 2.29. The topological polar surface area (TPSA) is 62.0 Å². The molecule has 1 aliphatic rings. The molecule has 0 spiro atoms. The summed E-state index contributed by atoms with van der Waals surface area (Å²) in [5.74, 6) is -0.459. The summed E-state index contributed by atoms with van der Waals surface area (Å²) in [7, 11) is 1.90. The Labute approximate surface area is 152 Å². The third kappa shape index (κ3) is 4.20. The SMILES string of the molecule is C=CC=C(C=C)COc1nccc(C(C#N)C2SC(=C)C(=C)N2C)n1. The van der Waals surface area contributed by atoms with Crippen molar-refractivity contribution in [2.75, 3.05) is 13.7 Å². The quantitative estimate of drug-likeness (QED) is 0.696. The zero-order valence-electron chi connectivity index (χ0n) is 14.2. The summed E-state index contributed by atoms with van der Waals surface area (Å²) in [6.07, 6.45) is 6.74. The van der Waals surface area contributed by atoms with E-state index in [-0.39, 0.29) is 18.0 Å². The summed E-state index contributed by atoms with van der Waals surface area (Å²) in [5, 5.41) is 9.54. The van der Waals surface area contributed by atoms with E-state index in [1.807, 2.05) is 11.9 Å². The van der Waals surface area contributed by atoms with Gasteiger partial charge in [-0.3, -0.25) is 0 Å². The van der Waals surface area contributed by atoms with Crippen molar-refractivity contribution in [3.8, 4) is 12.1 Å². The number of hydrogen-bond donors (Lipinski definition) is 0. The molecule has 1 fully saturated rings. The minimum atomic E-state index is -0.459. The Morgan fingerprint density at radius 2 is 2.28 bits per heavy atom. The van der Waals surface area contributed by atoms with Crippen LogP contribution in [0.4, 0.5) is 0 Å². The summed E-state index contributed by atoms with van der Waals surface area (Å²) >= 11 is 1.52. The first kappa shape index (κ1) is 18.6. The maximum atomic E-state index is 9.66. The standard InChI is InChI=1S/C19H20N4OS/c1-6-8-15(7-2)12-24-19-21-10-9-17(22-19)16(11-20)18-23(5)13(3)14(4)25-18/h6-10,16,18H,1-4,12H2,5H3. The zero-order valence-corrected chi connectivity index (χ0v) is 15.0. The van der Waals surface area contributed by atoms with E-state index in [1.54, 1.807) is 30.5 Å².